The summed E-state index contributed by atoms with van der Waals surface area (Å²) in [4.78, 5) is 17.2. The van der Waals surface area contributed by atoms with Crippen molar-refractivity contribution in [2.75, 3.05) is 14.2 Å². The maximum Gasteiger partial charge on any atom is 0.264 e. The van der Waals surface area contributed by atoms with Gasteiger partial charge in [-0.3, -0.25) is 4.79 Å². The number of carbonyl (C=O) groups is 1. The molecule has 152 valence electrons. The second-order valence-electron chi connectivity index (χ2n) is 5.99. The molecule has 1 N–H and O–H groups in total. The highest BCUT2D eigenvalue weighted by molar-refractivity contribution is 8.18. The number of carbonyl (C=O) groups excluding carboxylic acids is 1. The fraction of sp³-hybridized carbons (Fsp3) is 0.100. The molecule has 1 aliphatic heterocycles. The first-order valence-corrected chi connectivity index (χ1v) is 10.3. The average molecular weight is 442 g/mol. The molecule has 1 amide bonds. The van der Waals surface area contributed by atoms with Gasteiger partial charge in [0.2, 0.25) is 5.13 Å². The Morgan fingerprint density at radius 2 is 1.83 bits per heavy atom. The molecule has 0 spiro atoms. The number of hydrogen-bond acceptors (Lipinski definition) is 8. The van der Waals surface area contributed by atoms with Gasteiger partial charge in [0.15, 0.2) is 16.7 Å². The fourth-order valence-corrected chi connectivity index (χ4v) is 4.24. The highest BCUT2D eigenvalue weighted by Gasteiger charge is 2.24. The molecule has 0 unspecified atom stereocenters. The first kappa shape index (κ1) is 20.0. The van der Waals surface area contributed by atoms with E-state index in [1.807, 2.05) is 6.07 Å². The average Bonchev–Trinajstić information content (AvgIpc) is 3.35. The van der Waals surface area contributed by atoms with Crippen molar-refractivity contribution in [1.82, 2.24) is 15.5 Å². The molecule has 10 heteroatoms. The van der Waals surface area contributed by atoms with Crippen LogP contribution in [0.1, 0.15) is 5.56 Å². The van der Waals surface area contributed by atoms with Gasteiger partial charge >= 0.3 is 0 Å². The predicted molar refractivity (Wildman–Crippen MR) is 116 cm³/mol. The van der Waals surface area contributed by atoms with Gasteiger partial charge in [0, 0.05) is 5.56 Å². The summed E-state index contributed by atoms with van der Waals surface area (Å²) in [7, 11) is 3.12. The van der Waals surface area contributed by atoms with E-state index in [-0.39, 0.29) is 11.7 Å². The predicted octanol–water partition coefficient (Wildman–Crippen LogP) is 4.25. The zero-order valence-electron chi connectivity index (χ0n) is 15.9. The summed E-state index contributed by atoms with van der Waals surface area (Å²) in [5.41, 5.74) is 1.54. The number of methoxy groups -OCH3 is 2. The number of nitrogens with one attached hydrogen (secondary N) is 1. The maximum atomic E-state index is 13.1. The van der Waals surface area contributed by atoms with Crippen LogP contribution in [0.2, 0.25) is 0 Å². The second kappa shape index (κ2) is 8.64. The molecule has 2 heterocycles. The molecular weight excluding hydrogens is 427 g/mol. The van der Waals surface area contributed by atoms with Gasteiger partial charge in [-0.05, 0) is 59.8 Å². The molecule has 0 bridgehead atoms. The number of aliphatic imine (C=N–C) groups is 1. The molecule has 0 radical (unpaired) electrons. The number of halogens is 1. The van der Waals surface area contributed by atoms with E-state index in [0.29, 0.717) is 31.7 Å². The molecule has 7 nitrogen and oxygen atoms in total. The number of hydrogen-bond donors (Lipinski definition) is 1. The lowest BCUT2D eigenvalue weighted by Gasteiger charge is -2.07. The van der Waals surface area contributed by atoms with E-state index in [9.17, 15) is 9.18 Å². The molecular formula is C20H15FN4O3S2. The Labute approximate surface area is 179 Å². The van der Waals surface area contributed by atoms with Gasteiger partial charge in [-0.25, -0.2) is 4.39 Å². The van der Waals surface area contributed by atoms with E-state index in [4.69, 9.17) is 9.47 Å². The molecule has 1 aliphatic rings. The highest BCUT2D eigenvalue weighted by Crippen LogP contribution is 2.33. The largest absolute Gasteiger partial charge is 0.493 e. The molecule has 4 rings (SSSR count). The third kappa shape index (κ3) is 4.34. The number of amidine groups is 1. The van der Waals surface area contributed by atoms with Gasteiger partial charge in [-0.2, -0.15) is 4.99 Å². The van der Waals surface area contributed by atoms with E-state index in [2.05, 4.69) is 20.5 Å². The van der Waals surface area contributed by atoms with Crippen LogP contribution < -0.4 is 14.8 Å². The summed E-state index contributed by atoms with van der Waals surface area (Å²) in [6.07, 6.45) is 1.74. The lowest BCUT2D eigenvalue weighted by atomic mass is 10.2. The smallest absolute Gasteiger partial charge is 0.264 e. The monoisotopic (exact) mass is 442 g/mol. The number of nitrogens with zero attached hydrogens (tertiary/aromatic N) is 3. The lowest BCUT2D eigenvalue weighted by molar-refractivity contribution is -0.115. The van der Waals surface area contributed by atoms with E-state index in [1.165, 1.54) is 35.2 Å². The fourth-order valence-electron chi connectivity index (χ4n) is 2.63. The van der Waals surface area contributed by atoms with Crippen molar-refractivity contribution < 1.29 is 18.7 Å². The third-order valence-corrected chi connectivity index (χ3v) is 5.84. The molecule has 0 aliphatic carbocycles. The van der Waals surface area contributed by atoms with Crippen LogP contribution in [0.4, 0.5) is 9.52 Å². The third-order valence-electron chi connectivity index (χ3n) is 4.06. The van der Waals surface area contributed by atoms with Crippen molar-refractivity contribution in [2.24, 2.45) is 4.99 Å². The zero-order valence-corrected chi connectivity index (χ0v) is 17.5. The van der Waals surface area contributed by atoms with Crippen LogP contribution in [-0.2, 0) is 4.79 Å². The minimum Gasteiger partial charge on any atom is -0.493 e. The van der Waals surface area contributed by atoms with Crippen molar-refractivity contribution in [3.63, 3.8) is 0 Å². The molecule has 30 heavy (non-hydrogen) atoms. The Hall–Kier alpha value is -3.24. The van der Waals surface area contributed by atoms with Gasteiger partial charge in [0.05, 0.1) is 19.1 Å². The molecule has 2 aromatic carbocycles. The number of rotatable bonds is 5. The Kier molecular flexibility index (Phi) is 5.77. The van der Waals surface area contributed by atoms with Gasteiger partial charge < -0.3 is 14.8 Å². The van der Waals surface area contributed by atoms with Crippen LogP contribution in [0, 0.1) is 5.82 Å². The number of aromatic nitrogens is 2. The van der Waals surface area contributed by atoms with Crippen LogP contribution >= 0.6 is 23.1 Å². The maximum absolute atomic E-state index is 13.1. The summed E-state index contributed by atoms with van der Waals surface area (Å²) >= 11 is 2.45. The first-order chi connectivity index (χ1) is 14.6. The molecule has 1 aromatic heterocycles. The van der Waals surface area contributed by atoms with Crippen molar-refractivity contribution >= 4 is 45.4 Å². The van der Waals surface area contributed by atoms with Crippen LogP contribution in [0.25, 0.3) is 16.6 Å². The molecule has 1 saturated heterocycles. The van der Waals surface area contributed by atoms with Gasteiger partial charge in [-0.1, -0.05) is 17.4 Å². The van der Waals surface area contributed by atoms with E-state index >= 15 is 0 Å². The van der Waals surface area contributed by atoms with Gasteiger partial charge in [0.25, 0.3) is 5.91 Å². The zero-order chi connectivity index (χ0) is 21.1. The van der Waals surface area contributed by atoms with Gasteiger partial charge in [-0.15, -0.1) is 10.2 Å². The molecule has 1 fully saturated rings. The summed E-state index contributed by atoms with van der Waals surface area (Å²) in [6.45, 7) is 0. The van der Waals surface area contributed by atoms with Crippen LogP contribution in [0.5, 0.6) is 11.5 Å². The molecule has 3 aromatic rings. The van der Waals surface area contributed by atoms with E-state index in [1.54, 1.807) is 44.6 Å². The number of benzene rings is 2. The minimum absolute atomic E-state index is 0.253. The highest BCUT2D eigenvalue weighted by atomic mass is 32.2. The summed E-state index contributed by atoms with van der Waals surface area (Å²) in [5, 5.41) is 12.2. The van der Waals surface area contributed by atoms with Crippen molar-refractivity contribution in [3.8, 4) is 22.1 Å². The Bertz CT molecular complexity index is 1160. The standard InChI is InChI=1S/C20H15FN4O3S2/c1-27-14-8-3-11(9-15(14)28-2)10-16-17(26)22-19(29-16)23-20-25-24-18(30-20)12-4-6-13(21)7-5-12/h3-10H,1-2H3,(H,22,23,25,26). The normalized spacial score (nSPS) is 16.2. The first-order valence-electron chi connectivity index (χ1n) is 8.67. The molecule has 0 atom stereocenters. The minimum atomic E-state index is -0.317. The van der Waals surface area contributed by atoms with Crippen molar-refractivity contribution in [3.05, 3.63) is 58.8 Å². The topological polar surface area (TPSA) is 85.7 Å². The van der Waals surface area contributed by atoms with E-state index in [0.717, 1.165) is 11.1 Å². The van der Waals surface area contributed by atoms with Crippen LogP contribution in [0.15, 0.2) is 52.4 Å². The van der Waals surface area contributed by atoms with Crippen LogP contribution in [0.3, 0.4) is 0 Å². The summed E-state index contributed by atoms with van der Waals surface area (Å²) in [5.74, 6) is 0.615. The second-order valence-corrected chi connectivity index (χ2v) is 7.98. The quantitative estimate of drug-likeness (QED) is 0.595. The van der Waals surface area contributed by atoms with Crippen molar-refractivity contribution in [1.29, 1.82) is 0 Å². The van der Waals surface area contributed by atoms with E-state index < -0.39 is 0 Å². The SMILES string of the molecule is COc1ccc(C=C2SC(=Nc3nnc(-c4ccc(F)cc4)s3)NC2=O)cc1OC. The Morgan fingerprint density at radius 1 is 1.07 bits per heavy atom. The lowest BCUT2D eigenvalue weighted by Crippen LogP contribution is -2.19. The van der Waals surface area contributed by atoms with Gasteiger partial charge in [0.1, 0.15) is 10.8 Å². The summed E-state index contributed by atoms with van der Waals surface area (Å²) < 4.78 is 23.6. The molecule has 0 saturated carbocycles. The van der Waals surface area contributed by atoms with Crippen molar-refractivity contribution in [2.45, 2.75) is 0 Å². The Balaban J connectivity index is 1.53. The van der Waals surface area contributed by atoms with Crippen LogP contribution in [-0.4, -0.2) is 35.5 Å². The number of ether oxygens (including phenoxy) is 2. The Morgan fingerprint density at radius 3 is 2.57 bits per heavy atom. The number of thioether (sulfide) groups is 1. The number of amides is 1. The summed E-state index contributed by atoms with van der Waals surface area (Å²) in [6, 6.07) is 11.4.